The van der Waals surface area contributed by atoms with Crippen molar-refractivity contribution >= 4 is 62.5 Å². The van der Waals surface area contributed by atoms with Crippen molar-refractivity contribution in [2.75, 3.05) is 11.1 Å². The van der Waals surface area contributed by atoms with E-state index in [1.165, 1.54) is 40.6 Å². The number of amides is 2. The average molecular weight is 604 g/mol. The molecule has 200 valence electrons. The molecule has 14 heteroatoms. The number of anilines is 1. The number of halogens is 2. The van der Waals surface area contributed by atoms with Crippen LogP contribution >= 0.6 is 35.0 Å². The fourth-order valence-corrected chi connectivity index (χ4v) is 5.88. The third kappa shape index (κ3) is 6.41. The second kappa shape index (κ2) is 11.3. The standard InChI is InChI=1S/C25H20Cl2N6O4S2/c26-19-13-17(24(35)30-39(36,37)18-4-2-1-3-5-18)8-10-21(19)28-23(34)14-38-25-29-31-32-33(25)22-11-9-16(12-20(22)27)15-6-7-15/h1-5,8-13,15H,6-7,14H2,(H,28,34)(H,30,35). The molecule has 0 radical (unpaired) electrons. The monoisotopic (exact) mass is 602 g/mol. The third-order valence-electron chi connectivity index (χ3n) is 5.81. The van der Waals surface area contributed by atoms with E-state index in [0.717, 1.165) is 24.6 Å². The fraction of sp³-hybridized carbons (Fsp3) is 0.160. The van der Waals surface area contributed by atoms with Gasteiger partial charge >= 0.3 is 0 Å². The summed E-state index contributed by atoms with van der Waals surface area (Å²) in [6.45, 7) is 0. The van der Waals surface area contributed by atoms with Gasteiger partial charge in [0.25, 0.3) is 15.9 Å². The van der Waals surface area contributed by atoms with Crippen LogP contribution in [0, 0.1) is 0 Å². The molecule has 1 heterocycles. The Morgan fingerprint density at radius 2 is 1.77 bits per heavy atom. The molecule has 0 atom stereocenters. The quantitative estimate of drug-likeness (QED) is 0.263. The first-order valence-electron chi connectivity index (χ1n) is 11.6. The lowest BCUT2D eigenvalue weighted by molar-refractivity contribution is -0.113. The van der Waals surface area contributed by atoms with Crippen molar-refractivity contribution in [1.82, 2.24) is 24.9 Å². The van der Waals surface area contributed by atoms with Gasteiger partial charge in [0.2, 0.25) is 11.1 Å². The van der Waals surface area contributed by atoms with Crippen molar-refractivity contribution in [2.45, 2.75) is 28.8 Å². The van der Waals surface area contributed by atoms with Crippen LogP contribution < -0.4 is 10.0 Å². The molecule has 2 N–H and O–H groups in total. The molecule has 0 spiro atoms. The first-order valence-corrected chi connectivity index (χ1v) is 14.9. The summed E-state index contributed by atoms with van der Waals surface area (Å²) >= 11 is 13.8. The number of thioether (sulfide) groups is 1. The summed E-state index contributed by atoms with van der Waals surface area (Å²) in [5, 5.41) is 15.3. The molecule has 1 aliphatic carbocycles. The van der Waals surface area contributed by atoms with Crippen LogP contribution in [-0.2, 0) is 14.8 Å². The predicted molar refractivity (Wildman–Crippen MR) is 148 cm³/mol. The minimum absolute atomic E-state index is 0.00985. The van der Waals surface area contributed by atoms with E-state index < -0.39 is 21.8 Å². The molecule has 1 aliphatic rings. The molecule has 10 nitrogen and oxygen atoms in total. The number of aromatic nitrogens is 4. The molecule has 3 aromatic carbocycles. The van der Waals surface area contributed by atoms with Crippen LogP contribution in [0.5, 0.6) is 0 Å². The molecule has 5 rings (SSSR count). The Morgan fingerprint density at radius 1 is 1.00 bits per heavy atom. The van der Waals surface area contributed by atoms with Gasteiger partial charge in [-0.3, -0.25) is 9.59 Å². The molecule has 0 saturated heterocycles. The number of rotatable bonds is 9. The largest absolute Gasteiger partial charge is 0.324 e. The molecule has 4 aromatic rings. The average Bonchev–Trinajstić information content (AvgIpc) is 3.67. The van der Waals surface area contributed by atoms with Crippen LogP contribution in [0.15, 0.2) is 76.8 Å². The molecule has 39 heavy (non-hydrogen) atoms. The van der Waals surface area contributed by atoms with Crippen LogP contribution in [0.3, 0.4) is 0 Å². The number of sulfonamides is 1. The molecular formula is C25H20Cl2N6O4S2. The van der Waals surface area contributed by atoms with Crippen molar-refractivity contribution in [1.29, 1.82) is 0 Å². The van der Waals surface area contributed by atoms with Gasteiger partial charge in [-0.1, -0.05) is 59.2 Å². The summed E-state index contributed by atoms with van der Waals surface area (Å²) in [6, 6.07) is 17.3. The maximum atomic E-state index is 12.6. The van der Waals surface area contributed by atoms with Crippen molar-refractivity contribution < 1.29 is 18.0 Å². The SMILES string of the molecule is O=C(CSc1nnnn1-c1ccc(C2CC2)cc1Cl)Nc1ccc(C(=O)NS(=O)(=O)c2ccccc2)cc1Cl. The maximum absolute atomic E-state index is 12.6. The van der Waals surface area contributed by atoms with Gasteiger partial charge in [-0.25, -0.2) is 13.1 Å². The van der Waals surface area contributed by atoms with Crippen molar-refractivity contribution in [3.05, 3.63) is 87.9 Å². The van der Waals surface area contributed by atoms with E-state index in [-0.39, 0.29) is 26.9 Å². The lowest BCUT2D eigenvalue weighted by Crippen LogP contribution is -2.30. The second-order valence-corrected chi connectivity index (χ2v) is 12.1. The van der Waals surface area contributed by atoms with Gasteiger partial charge in [0.05, 0.1) is 32.1 Å². The first kappa shape index (κ1) is 27.1. The summed E-state index contributed by atoms with van der Waals surface area (Å²) in [6.07, 6.45) is 2.32. The van der Waals surface area contributed by atoms with Gasteiger partial charge in [0.1, 0.15) is 0 Å². The number of benzene rings is 3. The van der Waals surface area contributed by atoms with Gasteiger partial charge in [-0.15, -0.1) is 5.10 Å². The number of carbonyl (C=O) groups is 2. The van der Waals surface area contributed by atoms with E-state index >= 15 is 0 Å². The normalized spacial score (nSPS) is 13.2. The number of nitrogens with one attached hydrogen (secondary N) is 2. The lowest BCUT2D eigenvalue weighted by atomic mass is 10.1. The Kier molecular flexibility index (Phi) is 7.89. The van der Waals surface area contributed by atoms with Gasteiger partial charge in [-0.05, 0) is 77.2 Å². The predicted octanol–water partition coefficient (Wildman–Crippen LogP) is 4.70. The Morgan fingerprint density at radius 3 is 2.46 bits per heavy atom. The van der Waals surface area contributed by atoms with Crippen LogP contribution in [0.1, 0.15) is 34.7 Å². The molecule has 2 amide bonds. The fourth-order valence-electron chi connectivity index (χ4n) is 3.70. The zero-order valence-electron chi connectivity index (χ0n) is 20.0. The summed E-state index contributed by atoms with van der Waals surface area (Å²) in [5.74, 6) is -0.729. The Balaban J connectivity index is 1.20. The van der Waals surface area contributed by atoms with E-state index in [9.17, 15) is 18.0 Å². The van der Waals surface area contributed by atoms with E-state index in [1.807, 2.05) is 22.9 Å². The van der Waals surface area contributed by atoms with Crippen molar-refractivity contribution in [2.24, 2.45) is 0 Å². The zero-order chi connectivity index (χ0) is 27.6. The van der Waals surface area contributed by atoms with Crippen LogP contribution in [0.2, 0.25) is 10.0 Å². The molecule has 1 fully saturated rings. The topological polar surface area (TPSA) is 136 Å². The van der Waals surface area contributed by atoms with Gasteiger partial charge in [0, 0.05) is 5.56 Å². The van der Waals surface area contributed by atoms with Gasteiger partial charge < -0.3 is 5.32 Å². The van der Waals surface area contributed by atoms with E-state index in [2.05, 4.69) is 20.8 Å². The van der Waals surface area contributed by atoms with Crippen LogP contribution in [0.4, 0.5) is 5.69 Å². The molecule has 0 unspecified atom stereocenters. The Labute approximate surface area is 238 Å². The third-order valence-corrected chi connectivity index (χ3v) is 8.69. The molecule has 0 bridgehead atoms. The van der Waals surface area contributed by atoms with E-state index in [1.54, 1.807) is 18.2 Å². The van der Waals surface area contributed by atoms with Crippen molar-refractivity contribution in [3.63, 3.8) is 0 Å². The minimum Gasteiger partial charge on any atom is -0.324 e. The summed E-state index contributed by atoms with van der Waals surface area (Å²) in [5.41, 5.74) is 2.06. The Hall–Kier alpha value is -3.45. The number of tetrazole rings is 1. The number of nitrogens with zero attached hydrogens (tertiary/aromatic N) is 4. The van der Waals surface area contributed by atoms with E-state index in [4.69, 9.17) is 23.2 Å². The molecule has 0 aliphatic heterocycles. The van der Waals surface area contributed by atoms with Gasteiger partial charge in [-0.2, -0.15) is 4.68 Å². The summed E-state index contributed by atoms with van der Waals surface area (Å²) in [7, 11) is -4.05. The minimum atomic E-state index is -4.05. The number of hydrogen-bond donors (Lipinski definition) is 2. The highest BCUT2D eigenvalue weighted by atomic mass is 35.5. The molecular weight excluding hydrogens is 583 g/mol. The smallest absolute Gasteiger partial charge is 0.265 e. The van der Waals surface area contributed by atoms with Gasteiger partial charge in [0.15, 0.2) is 0 Å². The maximum Gasteiger partial charge on any atom is 0.265 e. The van der Waals surface area contributed by atoms with Crippen LogP contribution in [0.25, 0.3) is 5.69 Å². The number of carbonyl (C=O) groups excluding carboxylic acids is 2. The molecule has 1 aromatic heterocycles. The summed E-state index contributed by atoms with van der Waals surface area (Å²) in [4.78, 5) is 25.1. The zero-order valence-corrected chi connectivity index (χ0v) is 23.2. The van der Waals surface area contributed by atoms with Crippen LogP contribution in [-0.4, -0.2) is 46.2 Å². The second-order valence-electron chi connectivity index (χ2n) is 8.64. The highest BCUT2D eigenvalue weighted by Crippen LogP contribution is 2.41. The highest BCUT2D eigenvalue weighted by molar-refractivity contribution is 7.99. The lowest BCUT2D eigenvalue weighted by Gasteiger charge is -2.10. The molecule has 1 saturated carbocycles. The van der Waals surface area contributed by atoms with Crippen molar-refractivity contribution in [3.8, 4) is 5.69 Å². The Bertz CT molecular complexity index is 1660. The van der Waals surface area contributed by atoms with E-state index in [0.29, 0.717) is 21.8 Å². The first-order chi connectivity index (χ1) is 18.7. The highest BCUT2D eigenvalue weighted by Gasteiger charge is 2.25. The summed E-state index contributed by atoms with van der Waals surface area (Å²) < 4.78 is 28.3. The number of hydrogen-bond acceptors (Lipinski definition) is 8.